The minimum absolute atomic E-state index is 0.0227. The number of hydrogen-bond acceptors (Lipinski definition) is 4. The lowest BCUT2D eigenvalue weighted by Crippen LogP contribution is -2.14. The van der Waals surface area contributed by atoms with Crippen molar-refractivity contribution in [2.24, 2.45) is 5.92 Å². The Labute approximate surface area is 104 Å². The quantitative estimate of drug-likeness (QED) is 0.611. The first-order valence-corrected chi connectivity index (χ1v) is 5.98. The largest absolute Gasteiger partial charge is 0.469 e. The zero-order chi connectivity index (χ0) is 12.8. The summed E-state index contributed by atoms with van der Waals surface area (Å²) in [5, 5.41) is 8.82. The Balaban J connectivity index is 2.74. The van der Waals surface area contributed by atoms with Gasteiger partial charge in [-0.3, -0.25) is 4.79 Å². The molecule has 0 aliphatic rings. The van der Waals surface area contributed by atoms with Crippen LogP contribution in [0.2, 0.25) is 0 Å². The van der Waals surface area contributed by atoms with E-state index in [2.05, 4.69) is 4.74 Å². The lowest BCUT2D eigenvalue weighted by atomic mass is 10.2. The van der Waals surface area contributed by atoms with Crippen LogP contribution < -0.4 is 0 Å². The first kappa shape index (κ1) is 13.5. The minimum atomic E-state index is -0.539. The number of nitriles is 1. The molecule has 3 nitrogen and oxygen atoms in total. The van der Waals surface area contributed by atoms with Crippen LogP contribution in [-0.2, 0) is 9.53 Å². The fourth-order valence-electron chi connectivity index (χ4n) is 1.22. The molecule has 1 atom stereocenters. The first-order valence-electron chi connectivity index (χ1n) is 4.99. The van der Waals surface area contributed by atoms with Gasteiger partial charge in [-0.1, -0.05) is 13.0 Å². The summed E-state index contributed by atoms with van der Waals surface area (Å²) in [6.45, 7) is 1.73. The highest BCUT2D eigenvalue weighted by molar-refractivity contribution is 7.99. The molecule has 1 unspecified atom stereocenters. The van der Waals surface area contributed by atoms with Crippen molar-refractivity contribution < 1.29 is 13.9 Å². The standard InChI is InChI=1S/C12H12FNO2S/c1-8(12(15)16-2)7-17-11-5-3-4-10(13)9(11)6-14/h3-5,8H,7H2,1-2H3. The average Bonchev–Trinajstić information content (AvgIpc) is 2.34. The molecule has 0 spiro atoms. The number of hydrogen-bond donors (Lipinski definition) is 0. The summed E-state index contributed by atoms with van der Waals surface area (Å²) in [6, 6.07) is 6.27. The molecule has 0 saturated carbocycles. The summed E-state index contributed by atoms with van der Waals surface area (Å²) in [7, 11) is 1.33. The van der Waals surface area contributed by atoms with E-state index in [0.717, 1.165) is 0 Å². The third-order valence-electron chi connectivity index (χ3n) is 2.18. The normalized spacial score (nSPS) is 11.6. The number of halogens is 1. The SMILES string of the molecule is COC(=O)C(C)CSc1cccc(F)c1C#N. The van der Waals surface area contributed by atoms with Gasteiger partial charge in [0, 0.05) is 10.6 Å². The van der Waals surface area contributed by atoms with Gasteiger partial charge in [0.2, 0.25) is 0 Å². The summed E-state index contributed by atoms with van der Waals surface area (Å²) in [5.74, 6) is -0.694. The summed E-state index contributed by atoms with van der Waals surface area (Å²) >= 11 is 1.27. The van der Waals surface area contributed by atoms with Gasteiger partial charge in [0.05, 0.1) is 13.0 Å². The molecule has 1 aromatic rings. The second-order valence-electron chi connectivity index (χ2n) is 3.46. The molecule has 0 N–H and O–H groups in total. The van der Waals surface area contributed by atoms with Crippen molar-refractivity contribution in [1.29, 1.82) is 5.26 Å². The van der Waals surface area contributed by atoms with Gasteiger partial charge in [0.25, 0.3) is 0 Å². The zero-order valence-corrected chi connectivity index (χ0v) is 10.4. The second-order valence-corrected chi connectivity index (χ2v) is 4.52. The van der Waals surface area contributed by atoms with E-state index in [1.807, 2.05) is 6.07 Å². The van der Waals surface area contributed by atoms with Crippen molar-refractivity contribution in [2.45, 2.75) is 11.8 Å². The van der Waals surface area contributed by atoms with Crippen molar-refractivity contribution in [3.63, 3.8) is 0 Å². The number of benzene rings is 1. The molecular formula is C12H12FNO2S. The fourth-order valence-corrected chi connectivity index (χ4v) is 2.25. The fraction of sp³-hybridized carbons (Fsp3) is 0.333. The van der Waals surface area contributed by atoms with E-state index in [4.69, 9.17) is 5.26 Å². The number of methoxy groups -OCH3 is 1. The van der Waals surface area contributed by atoms with Crippen LogP contribution in [0.1, 0.15) is 12.5 Å². The monoisotopic (exact) mass is 253 g/mol. The van der Waals surface area contributed by atoms with E-state index in [0.29, 0.717) is 10.6 Å². The molecule has 0 heterocycles. The molecule has 0 fully saturated rings. The van der Waals surface area contributed by atoms with E-state index in [1.165, 1.54) is 24.9 Å². The molecule has 0 radical (unpaired) electrons. The zero-order valence-electron chi connectivity index (χ0n) is 9.57. The van der Waals surface area contributed by atoms with Gasteiger partial charge >= 0.3 is 5.97 Å². The number of rotatable bonds is 4. The predicted octanol–water partition coefficient (Wildman–Crippen LogP) is 2.60. The number of carbonyl (C=O) groups is 1. The Bertz CT molecular complexity index is 456. The number of esters is 1. The van der Waals surface area contributed by atoms with E-state index in [-0.39, 0.29) is 17.5 Å². The molecule has 0 amide bonds. The summed E-state index contributed by atoms with van der Waals surface area (Å²) in [4.78, 5) is 11.7. The van der Waals surface area contributed by atoms with Gasteiger partial charge in [0.1, 0.15) is 17.4 Å². The predicted molar refractivity (Wildman–Crippen MR) is 63.0 cm³/mol. The molecule has 0 aliphatic carbocycles. The lowest BCUT2D eigenvalue weighted by molar-refractivity contribution is -0.143. The Kier molecular flexibility index (Phi) is 4.98. The van der Waals surface area contributed by atoms with Crippen LogP contribution in [0.25, 0.3) is 0 Å². The molecular weight excluding hydrogens is 241 g/mol. The highest BCUT2D eigenvalue weighted by Gasteiger charge is 2.15. The molecule has 5 heteroatoms. The Morgan fingerprint density at radius 1 is 1.65 bits per heavy atom. The molecule has 0 bridgehead atoms. The molecule has 17 heavy (non-hydrogen) atoms. The van der Waals surface area contributed by atoms with Crippen LogP contribution in [0.15, 0.2) is 23.1 Å². The van der Waals surface area contributed by atoms with E-state index < -0.39 is 5.82 Å². The number of ether oxygens (including phenoxy) is 1. The van der Waals surface area contributed by atoms with Crippen LogP contribution >= 0.6 is 11.8 Å². The van der Waals surface area contributed by atoms with Crippen LogP contribution in [0.5, 0.6) is 0 Å². The van der Waals surface area contributed by atoms with Crippen LogP contribution in [-0.4, -0.2) is 18.8 Å². The Morgan fingerprint density at radius 2 is 2.35 bits per heavy atom. The van der Waals surface area contributed by atoms with Crippen molar-refractivity contribution >= 4 is 17.7 Å². The summed E-state index contributed by atoms with van der Waals surface area (Å²) in [6.07, 6.45) is 0. The molecule has 90 valence electrons. The topological polar surface area (TPSA) is 50.1 Å². The van der Waals surface area contributed by atoms with Gasteiger partial charge in [-0.25, -0.2) is 4.39 Å². The highest BCUT2D eigenvalue weighted by Crippen LogP contribution is 2.26. The number of carbonyl (C=O) groups excluding carboxylic acids is 1. The van der Waals surface area contributed by atoms with Crippen LogP contribution in [0.3, 0.4) is 0 Å². The van der Waals surface area contributed by atoms with Crippen molar-refractivity contribution in [3.05, 3.63) is 29.6 Å². The maximum Gasteiger partial charge on any atom is 0.309 e. The summed E-state index contributed by atoms with van der Waals surface area (Å²) < 4.78 is 17.9. The van der Waals surface area contributed by atoms with Crippen molar-refractivity contribution in [1.82, 2.24) is 0 Å². The van der Waals surface area contributed by atoms with Gasteiger partial charge < -0.3 is 4.74 Å². The minimum Gasteiger partial charge on any atom is -0.469 e. The van der Waals surface area contributed by atoms with Crippen molar-refractivity contribution in [2.75, 3.05) is 12.9 Å². The molecule has 0 aromatic heterocycles. The molecule has 0 saturated heterocycles. The maximum absolute atomic E-state index is 13.3. The number of thioether (sulfide) groups is 1. The van der Waals surface area contributed by atoms with E-state index in [1.54, 1.807) is 19.1 Å². The third-order valence-corrected chi connectivity index (χ3v) is 3.50. The van der Waals surface area contributed by atoms with Crippen LogP contribution in [0.4, 0.5) is 4.39 Å². The maximum atomic E-state index is 13.3. The van der Waals surface area contributed by atoms with E-state index >= 15 is 0 Å². The first-order chi connectivity index (χ1) is 8.10. The van der Waals surface area contributed by atoms with Gasteiger partial charge in [-0.05, 0) is 12.1 Å². The van der Waals surface area contributed by atoms with E-state index in [9.17, 15) is 9.18 Å². The van der Waals surface area contributed by atoms with Crippen LogP contribution in [0, 0.1) is 23.1 Å². The highest BCUT2D eigenvalue weighted by atomic mass is 32.2. The lowest BCUT2D eigenvalue weighted by Gasteiger charge is -2.09. The molecule has 1 aromatic carbocycles. The smallest absolute Gasteiger partial charge is 0.309 e. The third kappa shape index (κ3) is 3.46. The van der Waals surface area contributed by atoms with Gasteiger partial charge in [-0.15, -0.1) is 11.8 Å². The van der Waals surface area contributed by atoms with Gasteiger partial charge in [-0.2, -0.15) is 5.26 Å². The Morgan fingerprint density at radius 3 is 2.94 bits per heavy atom. The average molecular weight is 253 g/mol. The molecule has 1 rings (SSSR count). The second kappa shape index (κ2) is 6.26. The van der Waals surface area contributed by atoms with Gasteiger partial charge in [0.15, 0.2) is 0 Å². The molecule has 0 aliphatic heterocycles. The summed E-state index contributed by atoms with van der Waals surface area (Å²) in [5.41, 5.74) is 0.0227. The van der Waals surface area contributed by atoms with Crippen molar-refractivity contribution in [3.8, 4) is 6.07 Å². The Hall–Kier alpha value is -1.54. The number of nitrogens with zero attached hydrogens (tertiary/aromatic N) is 1.